The lowest BCUT2D eigenvalue weighted by Crippen LogP contribution is -2.15. The average molecular weight is 341 g/mol. The Bertz CT molecular complexity index is 894. The number of anilines is 3. The van der Waals surface area contributed by atoms with Crippen LogP contribution in [-0.4, -0.2) is 0 Å². The smallest absolute Gasteiger partial charge is 0.150 e. The zero-order valence-electron chi connectivity index (χ0n) is 14.3. The van der Waals surface area contributed by atoms with Gasteiger partial charge < -0.3 is 4.90 Å². The topological polar surface area (TPSA) is 3.24 Å². The second-order valence-corrected chi connectivity index (χ2v) is 6.20. The fourth-order valence-electron chi connectivity index (χ4n) is 2.78. The number of benzene rings is 3. The fourth-order valence-corrected chi connectivity index (χ4v) is 2.78. The van der Waals surface area contributed by atoms with Crippen LogP contribution in [0, 0.1) is 38.2 Å². The molecule has 3 rings (SSSR count). The molecule has 0 spiro atoms. The van der Waals surface area contributed by atoms with E-state index < -0.39 is 17.5 Å². The highest BCUT2D eigenvalue weighted by atomic mass is 19.1. The lowest BCUT2D eigenvalue weighted by Gasteiger charge is -2.27. The number of aryl methyl sites for hydroxylation is 3. The normalized spacial score (nSPS) is 10.8. The van der Waals surface area contributed by atoms with Crippen molar-refractivity contribution in [2.45, 2.75) is 20.8 Å². The molecule has 25 heavy (non-hydrogen) atoms. The van der Waals surface area contributed by atoms with Crippen LogP contribution in [0.4, 0.5) is 30.2 Å². The van der Waals surface area contributed by atoms with E-state index in [1.54, 1.807) is 32.0 Å². The zero-order chi connectivity index (χ0) is 18.1. The largest absolute Gasteiger partial charge is 0.302 e. The maximum Gasteiger partial charge on any atom is 0.150 e. The SMILES string of the molecule is Cc1ccc(N(c2ccc(C)cc2F)c2c(F)cc(C)cc2F)cc1. The van der Waals surface area contributed by atoms with E-state index in [4.69, 9.17) is 0 Å². The minimum absolute atomic E-state index is 0.0936. The van der Waals surface area contributed by atoms with Crippen LogP contribution in [-0.2, 0) is 0 Å². The summed E-state index contributed by atoms with van der Waals surface area (Å²) in [6.07, 6.45) is 0. The molecule has 3 aromatic rings. The molecule has 0 bridgehead atoms. The van der Waals surface area contributed by atoms with Crippen molar-refractivity contribution >= 4 is 17.1 Å². The second kappa shape index (κ2) is 6.63. The molecule has 0 atom stereocenters. The maximum atomic E-state index is 14.6. The van der Waals surface area contributed by atoms with Crippen molar-refractivity contribution in [3.63, 3.8) is 0 Å². The van der Waals surface area contributed by atoms with Crippen molar-refractivity contribution in [1.82, 2.24) is 0 Å². The van der Waals surface area contributed by atoms with Gasteiger partial charge in [-0.25, -0.2) is 13.2 Å². The standard InChI is InChI=1S/C21H18F3N/c1-13-4-7-16(8-5-13)25(20-9-6-14(2)10-17(20)22)21-18(23)11-15(3)12-19(21)24/h4-12H,1-3H3. The van der Waals surface area contributed by atoms with E-state index in [1.807, 2.05) is 19.1 Å². The molecule has 0 amide bonds. The van der Waals surface area contributed by atoms with E-state index in [9.17, 15) is 13.2 Å². The van der Waals surface area contributed by atoms with Gasteiger partial charge in [0.05, 0.1) is 5.69 Å². The van der Waals surface area contributed by atoms with Gasteiger partial charge in [-0.1, -0.05) is 23.8 Å². The number of nitrogens with zero attached hydrogens (tertiary/aromatic N) is 1. The summed E-state index contributed by atoms with van der Waals surface area (Å²) in [7, 11) is 0. The highest BCUT2D eigenvalue weighted by Gasteiger charge is 2.23. The van der Waals surface area contributed by atoms with Gasteiger partial charge in [0.1, 0.15) is 23.1 Å². The second-order valence-electron chi connectivity index (χ2n) is 6.20. The van der Waals surface area contributed by atoms with Gasteiger partial charge >= 0.3 is 0 Å². The number of hydrogen-bond acceptors (Lipinski definition) is 1. The van der Waals surface area contributed by atoms with Crippen LogP contribution in [0.15, 0.2) is 54.6 Å². The lowest BCUT2D eigenvalue weighted by atomic mass is 10.1. The Morgan fingerprint density at radius 1 is 0.600 bits per heavy atom. The van der Waals surface area contributed by atoms with Crippen LogP contribution in [0.5, 0.6) is 0 Å². The van der Waals surface area contributed by atoms with E-state index in [2.05, 4.69) is 0 Å². The van der Waals surface area contributed by atoms with Crippen molar-refractivity contribution in [3.8, 4) is 0 Å². The van der Waals surface area contributed by atoms with Gasteiger partial charge in [-0.15, -0.1) is 0 Å². The zero-order valence-corrected chi connectivity index (χ0v) is 14.3. The van der Waals surface area contributed by atoms with Gasteiger partial charge in [0, 0.05) is 5.69 Å². The Balaban J connectivity index is 2.28. The molecule has 0 saturated carbocycles. The molecule has 0 aliphatic heterocycles. The Hall–Kier alpha value is -2.75. The van der Waals surface area contributed by atoms with E-state index in [-0.39, 0.29) is 11.4 Å². The quantitative estimate of drug-likeness (QED) is 0.525. The first-order chi connectivity index (χ1) is 11.9. The summed E-state index contributed by atoms with van der Waals surface area (Å²) < 4.78 is 43.8. The third-order valence-corrected chi connectivity index (χ3v) is 4.02. The summed E-state index contributed by atoms with van der Waals surface area (Å²) in [5, 5.41) is 0. The first kappa shape index (κ1) is 17.1. The molecule has 0 aliphatic carbocycles. The van der Waals surface area contributed by atoms with Crippen LogP contribution in [0.2, 0.25) is 0 Å². The Kier molecular flexibility index (Phi) is 4.53. The van der Waals surface area contributed by atoms with Crippen molar-refractivity contribution in [2.75, 3.05) is 4.90 Å². The van der Waals surface area contributed by atoms with Crippen LogP contribution >= 0.6 is 0 Å². The number of hydrogen-bond donors (Lipinski definition) is 0. The van der Waals surface area contributed by atoms with Gasteiger partial charge in [0.2, 0.25) is 0 Å². The molecule has 4 heteroatoms. The molecule has 0 fully saturated rings. The molecule has 0 radical (unpaired) electrons. The monoisotopic (exact) mass is 341 g/mol. The van der Waals surface area contributed by atoms with Gasteiger partial charge in [-0.3, -0.25) is 0 Å². The molecule has 3 aromatic carbocycles. The lowest BCUT2D eigenvalue weighted by molar-refractivity contribution is 0.581. The third kappa shape index (κ3) is 3.38. The van der Waals surface area contributed by atoms with Crippen LogP contribution in [0.25, 0.3) is 0 Å². The predicted molar refractivity (Wildman–Crippen MR) is 95.2 cm³/mol. The average Bonchev–Trinajstić information content (AvgIpc) is 2.52. The van der Waals surface area contributed by atoms with Gasteiger partial charge in [0.15, 0.2) is 0 Å². The summed E-state index contributed by atoms with van der Waals surface area (Å²) in [4.78, 5) is 1.28. The first-order valence-electron chi connectivity index (χ1n) is 7.95. The van der Waals surface area contributed by atoms with E-state index in [0.717, 1.165) is 11.1 Å². The molecule has 0 aromatic heterocycles. The van der Waals surface area contributed by atoms with Gasteiger partial charge in [-0.2, -0.15) is 0 Å². The molecule has 0 heterocycles. The first-order valence-corrected chi connectivity index (χ1v) is 7.95. The van der Waals surface area contributed by atoms with Crippen LogP contribution in [0.3, 0.4) is 0 Å². The summed E-state index contributed by atoms with van der Waals surface area (Å²) in [5.41, 5.74) is 2.48. The fraction of sp³-hybridized carbons (Fsp3) is 0.143. The van der Waals surface area contributed by atoms with Crippen LogP contribution in [0.1, 0.15) is 16.7 Å². The molecule has 0 unspecified atom stereocenters. The summed E-state index contributed by atoms with van der Waals surface area (Å²) in [6, 6.07) is 14.1. The Morgan fingerprint density at radius 2 is 1.12 bits per heavy atom. The summed E-state index contributed by atoms with van der Waals surface area (Å²) in [6.45, 7) is 5.28. The minimum Gasteiger partial charge on any atom is -0.302 e. The molecular weight excluding hydrogens is 323 g/mol. The highest BCUT2D eigenvalue weighted by molar-refractivity contribution is 5.77. The Morgan fingerprint density at radius 3 is 1.68 bits per heavy atom. The molecule has 0 saturated heterocycles. The maximum absolute atomic E-state index is 14.6. The molecular formula is C21H18F3N. The highest BCUT2D eigenvalue weighted by Crippen LogP contribution is 2.39. The van der Waals surface area contributed by atoms with Crippen molar-refractivity contribution in [1.29, 1.82) is 0 Å². The third-order valence-electron chi connectivity index (χ3n) is 4.02. The van der Waals surface area contributed by atoms with Gasteiger partial charge in [0.25, 0.3) is 0 Å². The van der Waals surface area contributed by atoms with Crippen molar-refractivity contribution in [3.05, 3.63) is 88.7 Å². The molecule has 0 N–H and O–H groups in total. The number of rotatable bonds is 3. The Labute approximate surface area is 145 Å². The molecule has 1 nitrogen and oxygen atoms in total. The minimum atomic E-state index is -0.738. The van der Waals surface area contributed by atoms with Gasteiger partial charge in [-0.05, 0) is 68.3 Å². The van der Waals surface area contributed by atoms with Crippen molar-refractivity contribution < 1.29 is 13.2 Å². The molecule has 0 aliphatic rings. The predicted octanol–water partition coefficient (Wildman–Crippen LogP) is 6.50. The molecule has 128 valence electrons. The van der Waals surface area contributed by atoms with Crippen LogP contribution < -0.4 is 4.90 Å². The van der Waals surface area contributed by atoms with E-state index in [1.165, 1.54) is 29.2 Å². The van der Waals surface area contributed by atoms with E-state index >= 15 is 0 Å². The summed E-state index contributed by atoms with van der Waals surface area (Å²) in [5.74, 6) is -2.02. The summed E-state index contributed by atoms with van der Waals surface area (Å²) >= 11 is 0. The van der Waals surface area contributed by atoms with Crippen molar-refractivity contribution in [2.24, 2.45) is 0 Å². The van der Waals surface area contributed by atoms with E-state index in [0.29, 0.717) is 11.3 Å². The number of halogens is 3.